The number of benzene rings is 2. The van der Waals surface area contributed by atoms with Crippen LogP contribution in [0.4, 0.5) is 0 Å². The maximum Gasteiger partial charge on any atom is 0.337 e. The van der Waals surface area contributed by atoms with Crippen molar-refractivity contribution in [2.75, 3.05) is 47.5 Å². The van der Waals surface area contributed by atoms with E-state index in [1.165, 1.54) is 18.2 Å². The van der Waals surface area contributed by atoms with Gasteiger partial charge >= 0.3 is 5.97 Å². The predicted octanol–water partition coefficient (Wildman–Crippen LogP) is 3.12. The fraction of sp³-hybridized carbons (Fsp3) is 0.435. The van der Waals surface area contributed by atoms with E-state index in [0.29, 0.717) is 5.56 Å². The number of hydrogen-bond donors (Lipinski definition) is 0. The van der Waals surface area contributed by atoms with Crippen LogP contribution in [-0.4, -0.2) is 63.3 Å². The Balaban J connectivity index is 1.57. The van der Waals surface area contributed by atoms with E-state index in [4.69, 9.17) is 14.2 Å². The first-order valence-electron chi connectivity index (χ1n) is 9.87. The fourth-order valence-electron chi connectivity index (χ4n) is 3.71. The summed E-state index contributed by atoms with van der Waals surface area (Å²) in [5.74, 6) is 1.26. The van der Waals surface area contributed by atoms with Crippen LogP contribution in [0.2, 0.25) is 0 Å². The lowest BCUT2D eigenvalue weighted by molar-refractivity contribution is 0.0600. The summed E-state index contributed by atoms with van der Waals surface area (Å²) in [7, 11) is 4.75. The Bertz CT molecular complexity index is 845. The predicted molar refractivity (Wildman–Crippen MR) is 113 cm³/mol. The molecule has 1 saturated heterocycles. The van der Waals surface area contributed by atoms with Crippen molar-refractivity contribution in [1.29, 1.82) is 0 Å². The molecule has 1 fully saturated rings. The molecule has 0 radical (unpaired) electrons. The molecule has 3 rings (SSSR count). The van der Waals surface area contributed by atoms with Crippen LogP contribution in [0.1, 0.15) is 27.0 Å². The first-order valence-corrected chi connectivity index (χ1v) is 9.87. The van der Waals surface area contributed by atoms with E-state index >= 15 is 0 Å². The van der Waals surface area contributed by atoms with Gasteiger partial charge in [0.25, 0.3) is 0 Å². The summed E-state index contributed by atoms with van der Waals surface area (Å²) >= 11 is 0. The number of esters is 1. The molecule has 0 bridgehead atoms. The molecule has 29 heavy (non-hydrogen) atoms. The molecule has 1 heterocycles. The maximum atomic E-state index is 11.7. The fourth-order valence-corrected chi connectivity index (χ4v) is 3.71. The van der Waals surface area contributed by atoms with Crippen LogP contribution in [-0.2, 0) is 17.8 Å². The minimum Gasteiger partial charge on any atom is -0.493 e. The molecule has 0 unspecified atom stereocenters. The summed E-state index contributed by atoms with van der Waals surface area (Å²) in [6.07, 6.45) is 0. The van der Waals surface area contributed by atoms with Gasteiger partial charge in [-0.3, -0.25) is 9.80 Å². The molecule has 0 aromatic heterocycles. The van der Waals surface area contributed by atoms with Gasteiger partial charge in [-0.1, -0.05) is 12.1 Å². The van der Waals surface area contributed by atoms with Gasteiger partial charge in [0.2, 0.25) is 0 Å². The molecule has 0 N–H and O–H groups in total. The van der Waals surface area contributed by atoms with Gasteiger partial charge in [-0.25, -0.2) is 4.79 Å². The second-order valence-corrected chi connectivity index (χ2v) is 7.38. The molecular formula is C23H30N2O4. The van der Waals surface area contributed by atoms with Crippen LogP contribution in [0.5, 0.6) is 11.5 Å². The number of methoxy groups -OCH3 is 3. The lowest BCUT2D eigenvalue weighted by Gasteiger charge is -2.35. The first-order chi connectivity index (χ1) is 14.0. The van der Waals surface area contributed by atoms with Gasteiger partial charge in [0.15, 0.2) is 11.5 Å². The number of aryl methyl sites for hydroxylation is 1. The monoisotopic (exact) mass is 398 g/mol. The summed E-state index contributed by atoms with van der Waals surface area (Å²) in [6.45, 7) is 7.85. The lowest BCUT2D eigenvalue weighted by atomic mass is 10.1. The van der Waals surface area contributed by atoms with Gasteiger partial charge in [-0.05, 0) is 47.9 Å². The normalized spacial score (nSPS) is 15.2. The van der Waals surface area contributed by atoms with Crippen molar-refractivity contribution in [3.63, 3.8) is 0 Å². The zero-order chi connectivity index (χ0) is 20.8. The Kier molecular flexibility index (Phi) is 7.12. The van der Waals surface area contributed by atoms with E-state index in [2.05, 4.69) is 28.9 Å². The number of carbonyl (C=O) groups excluding carboxylic acids is 1. The van der Waals surface area contributed by atoms with Gasteiger partial charge in [-0.2, -0.15) is 0 Å². The second kappa shape index (κ2) is 9.76. The highest BCUT2D eigenvalue weighted by molar-refractivity contribution is 5.89. The number of piperazine rings is 1. The highest BCUT2D eigenvalue weighted by Crippen LogP contribution is 2.31. The van der Waals surface area contributed by atoms with Crippen LogP contribution in [0.3, 0.4) is 0 Å². The third-order valence-corrected chi connectivity index (χ3v) is 5.46. The summed E-state index contributed by atoms with van der Waals surface area (Å²) in [5, 5.41) is 0. The molecule has 2 aromatic carbocycles. The zero-order valence-electron chi connectivity index (χ0n) is 17.7. The molecule has 0 aliphatic carbocycles. The van der Waals surface area contributed by atoms with Crippen LogP contribution in [0, 0.1) is 6.92 Å². The largest absolute Gasteiger partial charge is 0.493 e. The molecule has 1 aliphatic heterocycles. The van der Waals surface area contributed by atoms with Crippen molar-refractivity contribution in [2.24, 2.45) is 0 Å². The Morgan fingerprint density at radius 1 is 0.897 bits per heavy atom. The van der Waals surface area contributed by atoms with Gasteiger partial charge in [0.1, 0.15) is 0 Å². The molecule has 1 aliphatic rings. The Labute approximate surface area is 173 Å². The van der Waals surface area contributed by atoms with Gasteiger partial charge in [0, 0.05) is 39.3 Å². The Morgan fingerprint density at radius 3 is 2.14 bits per heavy atom. The minimum atomic E-state index is -0.290. The molecule has 156 valence electrons. The molecule has 0 spiro atoms. The average molecular weight is 399 g/mol. The van der Waals surface area contributed by atoms with Crippen molar-refractivity contribution in [3.8, 4) is 11.5 Å². The number of carbonyl (C=O) groups is 1. The van der Waals surface area contributed by atoms with E-state index in [1.807, 2.05) is 18.2 Å². The molecule has 0 amide bonds. The molecule has 2 aromatic rings. The van der Waals surface area contributed by atoms with E-state index < -0.39 is 0 Å². The first kappa shape index (κ1) is 21.1. The number of nitrogens with zero attached hydrogens (tertiary/aromatic N) is 2. The van der Waals surface area contributed by atoms with Gasteiger partial charge in [-0.15, -0.1) is 0 Å². The SMILES string of the molecule is COC(=O)c1cccc(CN2CCN(Cc3cc(OC)c(OC)cc3C)CC2)c1. The average Bonchev–Trinajstić information content (AvgIpc) is 2.75. The smallest absolute Gasteiger partial charge is 0.337 e. The van der Waals surface area contributed by atoms with Gasteiger partial charge < -0.3 is 14.2 Å². The van der Waals surface area contributed by atoms with Crippen molar-refractivity contribution < 1.29 is 19.0 Å². The lowest BCUT2D eigenvalue weighted by Crippen LogP contribution is -2.45. The summed E-state index contributed by atoms with van der Waals surface area (Å²) in [5.41, 5.74) is 4.22. The summed E-state index contributed by atoms with van der Waals surface area (Å²) in [6, 6.07) is 11.8. The van der Waals surface area contributed by atoms with Crippen molar-refractivity contribution in [2.45, 2.75) is 20.0 Å². The van der Waals surface area contributed by atoms with Crippen LogP contribution in [0.15, 0.2) is 36.4 Å². The summed E-state index contributed by atoms with van der Waals surface area (Å²) in [4.78, 5) is 16.6. The standard InChI is InChI=1S/C23H30N2O4/c1-17-12-21(27-2)22(28-3)14-20(17)16-25-10-8-24(9-11-25)15-18-6-5-7-19(13-18)23(26)29-4/h5-7,12-14H,8-11,15-16H2,1-4H3. The molecular weight excluding hydrogens is 368 g/mol. The number of rotatable bonds is 7. The summed E-state index contributed by atoms with van der Waals surface area (Å²) < 4.78 is 15.7. The van der Waals surface area contributed by atoms with Crippen LogP contribution < -0.4 is 9.47 Å². The van der Waals surface area contributed by atoms with Crippen molar-refractivity contribution >= 4 is 5.97 Å². The van der Waals surface area contributed by atoms with Crippen LogP contribution >= 0.6 is 0 Å². The topological polar surface area (TPSA) is 51.2 Å². The molecule has 0 atom stereocenters. The third-order valence-electron chi connectivity index (χ3n) is 5.46. The Morgan fingerprint density at radius 2 is 1.52 bits per heavy atom. The zero-order valence-corrected chi connectivity index (χ0v) is 17.7. The highest BCUT2D eigenvalue weighted by atomic mass is 16.5. The van der Waals surface area contributed by atoms with Crippen molar-refractivity contribution in [3.05, 3.63) is 58.7 Å². The van der Waals surface area contributed by atoms with Crippen molar-refractivity contribution in [1.82, 2.24) is 9.80 Å². The molecule has 6 heteroatoms. The second-order valence-electron chi connectivity index (χ2n) is 7.38. The number of ether oxygens (including phenoxy) is 3. The third kappa shape index (κ3) is 5.28. The van der Waals surface area contributed by atoms with E-state index in [-0.39, 0.29) is 5.97 Å². The minimum absolute atomic E-state index is 0.290. The molecule has 6 nitrogen and oxygen atoms in total. The highest BCUT2D eigenvalue weighted by Gasteiger charge is 2.19. The van der Waals surface area contributed by atoms with Gasteiger partial charge in [0.05, 0.1) is 26.9 Å². The van der Waals surface area contributed by atoms with E-state index in [1.54, 1.807) is 20.3 Å². The maximum absolute atomic E-state index is 11.7. The van der Waals surface area contributed by atoms with E-state index in [0.717, 1.165) is 56.3 Å². The quantitative estimate of drug-likeness (QED) is 0.668. The molecule has 0 saturated carbocycles. The van der Waals surface area contributed by atoms with Crippen LogP contribution in [0.25, 0.3) is 0 Å². The van der Waals surface area contributed by atoms with E-state index in [9.17, 15) is 4.79 Å². The number of hydrogen-bond acceptors (Lipinski definition) is 6. The Hall–Kier alpha value is -2.57.